The molecule has 6 nitrogen and oxygen atoms in total. The van der Waals surface area contributed by atoms with Crippen molar-refractivity contribution < 1.29 is 14.4 Å². The van der Waals surface area contributed by atoms with Gasteiger partial charge in [0.2, 0.25) is 5.91 Å². The summed E-state index contributed by atoms with van der Waals surface area (Å²) in [6.07, 6.45) is 2.59. The van der Waals surface area contributed by atoms with E-state index in [1.807, 2.05) is 43.3 Å². The first-order valence-corrected chi connectivity index (χ1v) is 8.86. The van der Waals surface area contributed by atoms with E-state index in [0.29, 0.717) is 11.1 Å². The molecule has 0 saturated carbocycles. The van der Waals surface area contributed by atoms with Crippen LogP contribution in [0.15, 0.2) is 54.7 Å². The molecule has 2 aromatic carbocycles. The summed E-state index contributed by atoms with van der Waals surface area (Å²) < 4.78 is 0. The van der Waals surface area contributed by atoms with E-state index in [4.69, 9.17) is 0 Å². The number of para-hydroxylation sites is 1. The van der Waals surface area contributed by atoms with Crippen LogP contribution in [0.5, 0.6) is 0 Å². The number of nitrogens with one attached hydrogen (secondary N) is 3. The second-order valence-electron chi connectivity index (χ2n) is 6.22. The summed E-state index contributed by atoms with van der Waals surface area (Å²) in [6, 6.07) is 14.8. The molecule has 0 fully saturated rings. The van der Waals surface area contributed by atoms with Gasteiger partial charge in [-0.25, -0.2) is 0 Å². The molecule has 3 N–H and O–H groups in total. The first-order chi connectivity index (χ1) is 13.1. The molecule has 0 atom stereocenters. The smallest absolute Gasteiger partial charge is 0.271 e. The van der Waals surface area contributed by atoms with Crippen molar-refractivity contribution in [2.45, 2.75) is 26.2 Å². The molecule has 6 heteroatoms. The SMILES string of the molecule is CCc1ccc(C(=O)CCC(=O)NNC(=O)c2c[nH]c3ccccc23)cc1. The number of fused-ring (bicyclic) bond motifs is 1. The van der Waals surface area contributed by atoms with Gasteiger partial charge in [-0.15, -0.1) is 0 Å². The Morgan fingerprint density at radius 3 is 2.41 bits per heavy atom. The van der Waals surface area contributed by atoms with Gasteiger partial charge in [-0.05, 0) is 18.1 Å². The molecule has 0 aliphatic heterocycles. The number of carbonyl (C=O) groups excluding carboxylic acids is 3. The lowest BCUT2D eigenvalue weighted by Gasteiger charge is -2.07. The van der Waals surface area contributed by atoms with Gasteiger partial charge in [-0.2, -0.15) is 0 Å². The summed E-state index contributed by atoms with van der Waals surface area (Å²) in [7, 11) is 0. The van der Waals surface area contributed by atoms with E-state index in [1.54, 1.807) is 18.3 Å². The maximum Gasteiger partial charge on any atom is 0.271 e. The highest BCUT2D eigenvalue weighted by Crippen LogP contribution is 2.17. The normalized spacial score (nSPS) is 10.6. The molecule has 0 unspecified atom stereocenters. The van der Waals surface area contributed by atoms with Gasteiger partial charge in [-0.1, -0.05) is 49.4 Å². The number of ketones is 1. The molecule has 0 radical (unpaired) electrons. The molecule has 0 spiro atoms. The van der Waals surface area contributed by atoms with Crippen LogP contribution in [0.1, 0.15) is 46.0 Å². The summed E-state index contributed by atoms with van der Waals surface area (Å²) in [5, 5.41) is 0.773. The van der Waals surface area contributed by atoms with Gasteiger partial charge < -0.3 is 4.98 Å². The lowest BCUT2D eigenvalue weighted by Crippen LogP contribution is -2.41. The predicted octanol–water partition coefficient (Wildman–Crippen LogP) is 3.15. The first kappa shape index (κ1) is 18.4. The van der Waals surface area contributed by atoms with Gasteiger partial charge in [0.25, 0.3) is 5.91 Å². The van der Waals surface area contributed by atoms with E-state index in [9.17, 15) is 14.4 Å². The summed E-state index contributed by atoms with van der Waals surface area (Å²) in [5.74, 6) is -0.931. The molecule has 0 saturated heterocycles. The third-order valence-electron chi connectivity index (χ3n) is 4.41. The third-order valence-corrected chi connectivity index (χ3v) is 4.41. The van der Waals surface area contributed by atoms with Gasteiger partial charge in [0.1, 0.15) is 0 Å². The number of rotatable bonds is 6. The molecular weight excluding hydrogens is 342 g/mol. The Morgan fingerprint density at radius 2 is 1.67 bits per heavy atom. The van der Waals surface area contributed by atoms with Gasteiger partial charge in [-0.3, -0.25) is 25.2 Å². The van der Waals surface area contributed by atoms with E-state index in [0.717, 1.165) is 22.9 Å². The number of carbonyl (C=O) groups is 3. The quantitative estimate of drug-likeness (QED) is 0.464. The van der Waals surface area contributed by atoms with Crippen molar-refractivity contribution in [2.75, 3.05) is 0 Å². The van der Waals surface area contributed by atoms with Crippen molar-refractivity contribution in [3.63, 3.8) is 0 Å². The highest BCUT2D eigenvalue weighted by Gasteiger charge is 2.13. The Kier molecular flexibility index (Phi) is 5.66. The van der Waals surface area contributed by atoms with E-state index in [-0.39, 0.29) is 18.6 Å². The van der Waals surface area contributed by atoms with Crippen LogP contribution in [0, 0.1) is 0 Å². The second-order valence-corrected chi connectivity index (χ2v) is 6.22. The highest BCUT2D eigenvalue weighted by atomic mass is 16.2. The van der Waals surface area contributed by atoms with Crippen molar-refractivity contribution in [1.29, 1.82) is 0 Å². The number of aromatic amines is 1. The van der Waals surface area contributed by atoms with Crippen molar-refractivity contribution in [3.8, 4) is 0 Å². The van der Waals surface area contributed by atoms with Crippen molar-refractivity contribution in [1.82, 2.24) is 15.8 Å². The van der Waals surface area contributed by atoms with Crippen LogP contribution >= 0.6 is 0 Å². The molecule has 138 valence electrons. The summed E-state index contributed by atoms with van der Waals surface area (Å²) >= 11 is 0. The third kappa shape index (κ3) is 4.41. The topological polar surface area (TPSA) is 91.1 Å². The molecule has 0 bridgehead atoms. The van der Waals surface area contributed by atoms with Gasteiger partial charge >= 0.3 is 0 Å². The maximum absolute atomic E-state index is 12.2. The first-order valence-electron chi connectivity index (χ1n) is 8.86. The number of amides is 2. The van der Waals surface area contributed by atoms with Crippen LogP contribution < -0.4 is 10.9 Å². The molecule has 3 rings (SSSR count). The molecule has 1 heterocycles. The van der Waals surface area contributed by atoms with Gasteiger partial charge in [0, 0.05) is 35.5 Å². The van der Waals surface area contributed by atoms with Crippen LogP contribution in [0.4, 0.5) is 0 Å². The number of H-pyrrole nitrogens is 1. The summed E-state index contributed by atoms with van der Waals surface area (Å²) in [4.78, 5) is 39.3. The Labute approximate surface area is 156 Å². The molecule has 0 aliphatic carbocycles. The van der Waals surface area contributed by atoms with Crippen LogP contribution in [-0.4, -0.2) is 22.6 Å². The fraction of sp³-hybridized carbons (Fsp3) is 0.190. The minimum absolute atomic E-state index is 0.00251. The monoisotopic (exact) mass is 363 g/mol. The zero-order chi connectivity index (χ0) is 19.2. The Hall–Kier alpha value is -3.41. The standard InChI is InChI=1S/C21H21N3O3/c1-2-14-7-9-15(10-8-14)19(25)11-12-20(26)23-24-21(27)17-13-22-18-6-4-3-5-16(17)18/h3-10,13,22H,2,11-12H2,1H3,(H,23,26)(H,24,27). The van der Waals surface area contributed by atoms with Crippen LogP contribution in [0.25, 0.3) is 10.9 Å². The fourth-order valence-corrected chi connectivity index (χ4v) is 2.81. The van der Waals surface area contributed by atoms with Gasteiger partial charge in [0.15, 0.2) is 5.78 Å². The van der Waals surface area contributed by atoms with Crippen molar-refractivity contribution in [2.24, 2.45) is 0 Å². The Morgan fingerprint density at radius 1 is 0.926 bits per heavy atom. The summed E-state index contributed by atoms with van der Waals surface area (Å²) in [6.45, 7) is 2.05. The Balaban J connectivity index is 1.49. The average molecular weight is 363 g/mol. The maximum atomic E-state index is 12.2. The molecular formula is C21H21N3O3. The number of benzene rings is 2. The summed E-state index contributed by atoms with van der Waals surface area (Å²) in [5.41, 5.74) is 7.77. The largest absolute Gasteiger partial charge is 0.360 e. The molecule has 0 aliphatic rings. The predicted molar refractivity (Wildman–Crippen MR) is 103 cm³/mol. The lowest BCUT2D eigenvalue weighted by molar-refractivity contribution is -0.121. The highest BCUT2D eigenvalue weighted by molar-refractivity contribution is 6.07. The van der Waals surface area contributed by atoms with Gasteiger partial charge in [0.05, 0.1) is 5.56 Å². The van der Waals surface area contributed by atoms with Crippen LogP contribution in [0.2, 0.25) is 0 Å². The zero-order valence-corrected chi connectivity index (χ0v) is 15.0. The van der Waals surface area contributed by atoms with Crippen molar-refractivity contribution >= 4 is 28.5 Å². The van der Waals surface area contributed by atoms with E-state index in [2.05, 4.69) is 15.8 Å². The van der Waals surface area contributed by atoms with E-state index < -0.39 is 11.8 Å². The fourth-order valence-electron chi connectivity index (χ4n) is 2.81. The second kappa shape index (κ2) is 8.31. The minimum atomic E-state index is -0.415. The number of hydrogen-bond donors (Lipinski definition) is 3. The van der Waals surface area contributed by atoms with Crippen molar-refractivity contribution in [3.05, 3.63) is 71.4 Å². The number of aromatic nitrogens is 1. The minimum Gasteiger partial charge on any atom is -0.360 e. The molecule has 2 amide bonds. The molecule has 1 aromatic heterocycles. The van der Waals surface area contributed by atoms with Crippen LogP contribution in [0.3, 0.4) is 0 Å². The zero-order valence-electron chi connectivity index (χ0n) is 15.0. The lowest BCUT2D eigenvalue weighted by atomic mass is 10.0. The average Bonchev–Trinajstić information content (AvgIpc) is 3.14. The molecule has 3 aromatic rings. The number of aryl methyl sites for hydroxylation is 1. The molecule has 27 heavy (non-hydrogen) atoms. The number of Topliss-reactive ketones (excluding diaryl/α,β-unsaturated/α-hetero) is 1. The van der Waals surface area contributed by atoms with E-state index >= 15 is 0 Å². The van der Waals surface area contributed by atoms with E-state index in [1.165, 1.54) is 0 Å². The number of hydrogen-bond acceptors (Lipinski definition) is 3. The number of hydrazine groups is 1. The van der Waals surface area contributed by atoms with Crippen LogP contribution in [-0.2, 0) is 11.2 Å². The Bertz CT molecular complexity index is 974.